The number of aromatic nitrogens is 2. The van der Waals surface area contributed by atoms with Crippen molar-refractivity contribution < 1.29 is 4.57 Å². The lowest BCUT2D eigenvalue weighted by molar-refractivity contribution is 0.592. The van der Waals surface area contributed by atoms with Crippen LogP contribution in [-0.4, -0.2) is 9.97 Å². The molecule has 0 aliphatic heterocycles. The number of hydrogen-bond acceptors (Lipinski definition) is 3. The third-order valence-corrected chi connectivity index (χ3v) is 10.7. The van der Waals surface area contributed by atoms with E-state index in [1.54, 1.807) is 0 Å². The second-order valence-electron chi connectivity index (χ2n) is 10.3. The SMILES string of the molecule is Cc1ccc2ccc3c(-c4cccc(-c5cccc(P(=O)(c6ccccc6)c6ccccc6)c5)c4)ccnc3c2n1. The van der Waals surface area contributed by atoms with E-state index in [2.05, 4.69) is 60.7 Å². The van der Waals surface area contributed by atoms with Crippen LogP contribution < -0.4 is 15.9 Å². The van der Waals surface area contributed by atoms with Crippen molar-refractivity contribution in [3.63, 3.8) is 0 Å². The summed E-state index contributed by atoms with van der Waals surface area (Å²) in [4.78, 5) is 9.52. The van der Waals surface area contributed by atoms with Gasteiger partial charge in [-0.1, -0.05) is 115 Å². The zero-order valence-electron chi connectivity index (χ0n) is 22.6. The van der Waals surface area contributed by atoms with E-state index in [0.717, 1.165) is 65.7 Å². The standard InChI is InChI=1S/C37H27N2OP/c1-26-18-19-27-20-21-35-34(22-23-38-37(35)36(27)39-26)30-12-8-10-28(24-30)29-11-9-17-33(25-29)41(40,31-13-4-2-5-14-31)32-15-6-3-7-16-32/h2-25H,1H3. The highest BCUT2D eigenvalue weighted by molar-refractivity contribution is 7.85. The fourth-order valence-corrected chi connectivity index (χ4v) is 8.31. The molecule has 0 aliphatic rings. The normalized spacial score (nSPS) is 11.6. The maximum Gasteiger partial charge on any atom is 0.171 e. The highest BCUT2D eigenvalue weighted by atomic mass is 31.2. The van der Waals surface area contributed by atoms with Gasteiger partial charge in [-0.15, -0.1) is 0 Å². The molecule has 3 nitrogen and oxygen atoms in total. The molecule has 4 heteroatoms. The molecule has 196 valence electrons. The lowest BCUT2D eigenvalue weighted by atomic mass is 9.96. The lowest BCUT2D eigenvalue weighted by Gasteiger charge is -2.20. The van der Waals surface area contributed by atoms with Gasteiger partial charge in [0.15, 0.2) is 7.14 Å². The molecule has 0 bridgehead atoms. The van der Waals surface area contributed by atoms with Crippen LogP contribution in [-0.2, 0) is 4.57 Å². The largest absolute Gasteiger partial charge is 0.309 e. The topological polar surface area (TPSA) is 42.9 Å². The van der Waals surface area contributed by atoms with Crippen molar-refractivity contribution in [1.29, 1.82) is 0 Å². The summed E-state index contributed by atoms with van der Waals surface area (Å²) in [5.41, 5.74) is 7.10. The van der Waals surface area contributed by atoms with Crippen molar-refractivity contribution in [2.45, 2.75) is 6.92 Å². The van der Waals surface area contributed by atoms with Gasteiger partial charge in [0, 0.05) is 38.6 Å². The molecule has 0 N–H and O–H groups in total. The first-order valence-corrected chi connectivity index (χ1v) is 15.4. The van der Waals surface area contributed by atoms with Crippen molar-refractivity contribution in [2.24, 2.45) is 0 Å². The maximum atomic E-state index is 15.0. The number of benzene rings is 5. The van der Waals surface area contributed by atoms with E-state index in [4.69, 9.17) is 9.97 Å². The summed E-state index contributed by atoms with van der Waals surface area (Å²) >= 11 is 0. The quantitative estimate of drug-likeness (QED) is 0.162. The molecule has 0 amide bonds. The van der Waals surface area contributed by atoms with Crippen molar-refractivity contribution in [3.8, 4) is 22.3 Å². The van der Waals surface area contributed by atoms with E-state index in [-0.39, 0.29) is 0 Å². The summed E-state index contributed by atoms with van der Waals surface area (Å²) < 4.78 is 15.0. The highest BCUT2D eigenvalue weighted by Crippen LogP contribution is 2.43. The van der Waals surface area contributed by atoms with Crippen molar-refractivity contribution >= 4 is 44.9 Å². The van der Waals surface area contributed by atoms with Gasteiger partial charge in [0.25, 0.3) is 0 Å². The van der Waals surface area contributed by atoms with Gasteiger partial charge in [0.05, 0.1) is 11.0 Å². The summed E-state index contributed by atoms with van der Waals surface area (Å²) in [6, 6.07) is 46.8. The molecule has 41 heavy (non-hydrogen) atoms. The maximum absolute atomic E-state index is 15.0. The Kier molecular flexibility index (Phi) is 6.30. The Bertz CT molecular complexity index is 2050. The summed E-state index contributed by atoms with van der Waals surface area (Å²) in [5, 5.41) is 4.63. The van der Waals surface area contributed by atoms with E-state index < -0.39 is 7.14 Å². The second kappa shape index (κ2) is 10.3. The fourth-order valence-electron chi connectivity index (χ4n) is 5.62. The summed E-state index contributed by atoms with van der Waals surface area (Å²) in [5.74, 6) is 0. The van der Waals surface area contributed by atoms with Crippen LogP contribution in [0.25, 0.3) is 44.1 Å². The van der Waals surface area contributed by atoms with E-state index in [9.17, 15) is 4.57 Å². The summed E-state index contributed by atoms with van der Waals surface area (Å²) in [6.45, 7) is 2.01. The number of hydrogen-bond donors (Lipinski definition) is 0. The highest BCUT2D eigenvalue weighted by Gasteiger charge is 2.29. The second-order valence-corrected chi connectivity index (χ2v) is 13.0. The molecule has 0 fully saturated rings. The zero-order chi connectivity index (χ0) is 27.8. The number of pyridine rings is 2. The molecule has 7 aromatic rings. The Morgan fingerprint density at radius 3 is 1.88 bits per heavy atom. The van der Waals surface area contributed by atoms with Gasteiger partial charge in [0.1, 0.15) is 0 Å². The minimum Gasteiger partial charge on any atom is -0.309 e. The molecule has 0 spiro atoms. The fraction of sp³-hybridized carbons (Fsp3) is 0.0270. The number of nitrogens with zero attached hydrogens (tertiary/aromatic N) is 2. The van der Waals surface area contributed by atoms with Crippen LogP contribution in [0.3, 0.4) is 0 Å². The molecule has 0 radical (unpaired) electrons. The van der Waals surface area contributed by atoms with Gasteiger partial charge in [-0.05, 0) is 53.4 Å². The van der Waals surface area contributed by atoms with Crippen molar-refractivity contribution in [3.05, 3.63) is 151 Å². The first kappa shape index (κ1) is 25.1. The first-order chi connectivity index (χ1) is 20.1. The van der Waals surface area contributed by atoms with Crippen LogP contribution in [0.15, 0.2) is 146 Å². The number of rotatable bonds is 5. The Morgan fingerprint density at radius 1 is 0.537 bits per heavy atom. The van der Waals surface area contributed by atoms with Gasteiger partial charge in [-0.3, -0.25) is 9.97 Å². The van der Waals surface area contributed by atoms with Gasteiger partial charge in [-0.2, -0.15) is 0 Å². The van der Waals surface area contributed by atoms with Crippen LogP contribution >= 0.6 is 7.14 Å². The molecule has 2 aromatic heterocycles. The molecular weight excluding hydrogens is 519 g/mol. The van der Waals surface area contributed by atoms with Gasteiger partial charge in [-0.25, -0.2) is 0 Å². The average molecular weight is 547 g/mol. The monoisotopic (exact) mass is 546 g/mol. The minimum absolute atomic E-state index is 0.820. The van der Waals surface area contributed by atoms with Crippen LogP contribution in [0.4, 0.5) is 0 Å². The van der Waals surface area contributed by atoms with Crippen molar-refractivity contribution in [1.82, 2.24) is 9.97 Å². The van der Waals surface area contributed by atoms with Gasteiger partial charge in [0.2, 0.25) is 0 Å². The lowest BCUT2D eigenvalue weighted by Crippen LogP contribution is -2.25. The minimum atomic E-state index is -3.07. The third kappa shape index (κ3) is 4.45. The molecule has 5 aromatic carbocycles. The van der Waals surface area contributed by atoms with E-state index in [0.29, 0.717) is 0 Å². The van der Waals surface area contributed by atoms with Gasteiger partial charge < -0.3 is 4.57 Å². The molecule has 7 rings (SSSR count). The van der Waals surface area contributed by atoms with E-state index in [1.165, 1.54) is 0 Å². The van der Waals surface area contributed by atoms with E-state index >= 15 is 0 Å². The van der Waals surface area contributed by atoms with Crippen LogP contribution in [0, 0.1) is 6.92 Å². The third-order valence-electron chi connectivity index (χ3n) is 7.67. The van der Waals surface area contributed by atoms with Crippen LogP contribution in [0.1, 0.15) is 5.69 Å². The number of aryl methyl sites for hydroxylation is 1. The Hall–Kier alpha value is -4.85. The smallest absolute Gasteiger partial charge is 0.171 e. The molecular formula is C37H27N2OP. The number of fused-ring (bicyclic) bond motifs is 3. The Balaban J connectivity index is 1.36. The molecule has 0 saturated heterocycles. The predicted molar refractivity (Wildman–Crippen MR) is 172 cm³/mol. The van der Waals surface area contributed by atoms with Crippen molar-refractivity contribution in [2.75, 3.05) is 0 Å². The Labute approximate surface area is 239 Å². The average Bonchev–Trinajstić information content (AvgIpc) is 3.05. The Morgan fingerprint density at radius 2 is 1.15 bits per heavy atom. The molecule has 0 aliphatic carbocycles. The first-order valence-electron chi connectivity index (χ1n) is 13.7. The molecule has 2 heterocycles. The molecule has 0 saturated carbocycles. The van der Waals surface area contributed by atoms with Gasteiger partial charge >= 0.3 is 0 Å². The summed E-state index contributed by atoms with van der Waals surface area (Å²) in [7, 11) is -3.07. The van der Waals surface area contributed by atoms with Crippen LogP contribution in [0.2, 0.25) is 0 Å². The van der Waals surface area contributed by atoms with Crippen LogP contribution in [0.5, 0.6) is 0 Å². The molecule has 0 atom stereocenters. The van der Waals surface area contributed by atoms with E-state index in [1.807, 2.05) is 92.0 Å². The predicted octanol–water partition coefficient (Wildman–Crippen LogP) is 8.06. The molecule has 0 unspecified atom stereocenters. The zero-order valence-corrected chi connectivity index (χ0v) is 23.5. The summed E-state index contributed by atoms with van der Waals surface area (Å²) in [6.07, 6.45) is 1.87.